The zero-order valence-electron chi connectivity index (χ0n) is 12.0. The molecule has 0 fully saturated rings. The quantitative estimate of drug-likeness (QED) is 0.921. The van der Waals surface area contributed by atoms with E-state index >= 15 is 0 Å². The highest BCUT2D eigenvalue weighted by molar-refractivity contribution is 7.91. The largest absolute Gasteiger partial charge is 0.326 e. The first-order valence-corrected chi connectivity index (χ1v) is 8.43. The number of carbonyl (C=O) groups excluding carboxylic acids is 1. The number of sulfone groups is 1. The van der Waals surface area contributed by atoms with Crippen LogP contribution in [-0.2, 0) is 21.1 Å². The monoisotopic (exact) mass is 321 g/mol. The second kappa shape index (κ2) is 6.70. The molecule has 6 heteroatoms. The van der Waals surface area contributed by atoms with Crippen LogP contribution in [0.2, 0.25) is 0 Å². The smallest absolute Gasteiger partial charge is 0.228 e. The molecule has 0 unspecified atom stereocenters. The molecule has 0 saturated heterocycles. The summed E-state index contributed by atoms with van der Waals surface area (Å²) in [5.74, 6) is -0.658. The van der Waals surface area contributed by atoms with Gasteiger partial charge in [0.1, 0.15) is 5.82 Å². The van der Waals surface area contributed by atoms with Gasteiger partial charge in [0.25, 0.3) is 0 Å². The van der Waals surface area contributed by atoms with Crippen molar-refractivity contribution in [2.75, 3.05) is 11.1 Å². The van der Waals surface area contributed by atoms with Crippen molar-refractivity contribution >= 4 is 21.4 Å². The van der Waals surface area contributed by atoms with Gasteiger partial charge in [-0.05, 0) is 42.0 Å². The molecule has 0 spiro atoms. The van der Waals surface area contributed by atoms with Crippen LogP contribution < -0.4 is 5.32 Å². The minimum Gasteiger partial charge on any atom is -0.326 e. The molecule has 0 atom stereocenters. The van der Waals surface area contributed by atoms with Gasteiger partial charge in [-0.1, -0.05) is 19.1 Å². The minimum atomic E-state index is -3.25. The van der Waals surface area contributed by atoms with Crippen molar-refractivity contribution in [1.82, 2.24) is 0 Å². The van der Waals surface area contributed by atoms with Crippen LogP contribution in [0.1, 0.15) is 12.5 Å². The summed E-state index contributed by atoms with van der Waals surface area (Å²) in [5.41, 5.74) is 1.07. The zero-order valence-corrected chi connectivity index (χ0v) is 12.9. The van der Waals surface area contributed by atoms with Crippen molar-refractivity contribution < 1.29 is 17.6 Å². The summed E-state index contributed by atoms with van der Waals surface area (Å²) < 4.78 is 36.4. The highest BCUT2D eigenvalue weighted by Gasteiger charge is 2.11. The van der Waals surface area contributed by atoms with Crippen LogP contribution in [0.3, 0.4) is 0 Å². The second-order valence-electron chi connectivity index (χ2n) is 4.78. The lowest BCUT2D eigenvalue weighted by Gasteiger charge is -2.07. The third kappa shape index (κ3) is 4.14. The van der Waals surface area contributed by atoms with E-state index in [1.54, 1.807) is 19.1 Å². The molecule has 1 N–H and O–H groups in total. The molecule has 116 valence electrons. The fraction of sp³-hybridized carbons (Fsp3) is 0.188. The Hall–Kier alpha value is -2.21. The maximum atomic E-state index is 13.0. The summed E-state index contributed by atoms with van der Waals surface area (Å²) >= 11 is 0. The SMILES string of the molecule is CCS(=O)(=O)c1ccc(NC(=O)Cc2cccc(F)c2)cc1. The molecule has 0 heterocycles. The molecule has 2 aromatic carbocycles. The summed E-state index contributed by atoms with van der Waals surface area (Å²) in [6, 6.07) is 11.8. The van der Waals surface area contributed by atoms with E-state index in [1.165, 1.54) is 36.4 Å². The van der Waals surface area contributed by atoms with Gasteiger partial charge in [0, 0.05) is 5.69 Å². The number of carbonyl (C=O) groups is 1. The van der Waals surface area contributed by atoms with E-state index < -0.39 is 9.84 Å². The fourth-order valence-corrected chi connectivity index (χ4v) is 2.83. The molecule has 4 nitrogen and oxygen atoms in total. The molecule has 2 rings (SSSR count). The van der Waals surface area contributed by atoms with E-state index in [2.05, 4.69) is 5.32 Å². The topological polar surface area (TPSA) is 63.2 Å². The first-order valence-electron chi connectivity index (χ1n) is 6.78. The van der Waals surface area contributed by atoms with E-state index in [1.807, 2.05) is 0 Å². The van der Waals surface area contributed by atoms with Crippen molar-refractivity contribution in [2.24, 2.45) is 0 Å². The van der Waals surface area contributed by atoms with E-state index in [0.717, 1.165) is 0 Å². The maximum absolute atomic E-state index is 13.0. The lowest BCUT2D eigenvalue weighted by atomic mass is 10.1. The molecule has 0 aliphatic rings. The summed E-state index contributed by atoms with van der Waals surface area (Å²) in [4.78, 5) is 12.1. The number of hydrogen-bond acceptors (Lipinski definition) is 3. The van der Waals surface area contributed by atoms with Crippen molar-refractivity contribution in [2.45, 2.75) is 18.2 Å². The third-order valence-corrected chi connectivity index (χ3v) is 4.88. The normalized spacial score (nSPS) is 11.2. The Labute approximate surface area is 128 Å². The van der Waals surface area contributed by atoms with Crippen LogP contribution in [0.4, 0.5) is 10.1 Å². The Kier molecular flexibility index (Phi) is 4.92. The van der Waals surface area contributed by atoms with Gasteiger partial charge >= 0.3 is 0 Å². The molecule has 0 aliphatic heterocycles. The second-order valence-corrected chi connectivity index (χ2v) is 7.06. The van der Waals surface area contributed by atoms with E-state index in [9.17, 15) is 17.6 Å². The van der Waals surface area contributed by atoms with Crippen molar-refractivity contribution in [3.05, 3.63) is 59.9 Å². The van der Waals surface area contributed by atoms with Crippen LogP contribution in [0.5, 0.6) is 0 Å². The minimum absolute atomic E-state index is 0.0261. The van der Waals surface area contributed by atoms with Gasteiger partial charge < -0.3 is 5.32 Å². The van der Waals surface area contributed by atoms with E-state index in [4.69, 9.17) is 0 Å². The van der Waals surface area contributed by atoms with Crippen LogP contribution in [-0.4, -0.2) is 20.1 Å². The Morgan fingerprint density at radius 2 is 1.82 bits per heavy atom. The van der Waals surface area contributed by atoms with Gasteiger partial charge in [-0.3, -0.25) is 4.79 Å². The van der Waals surface area contributed by atoms with E-state index in [0.29, 0.717) is 11.3 Å². The first kappa shape index (κ1) is 16.2. The molecule has 0 aromatic heterocycles. The number of halogens is 1. The summed E-state index contributed by atoms with van der Waals surface area (Å²) in [7, 11) is -3.25. The lowest BCUT2D eigenvalue weighted by Crippen LogP contribution is -2.14. The fourth-order valence-electron chi connectivity index (χ4n) is 1.95. The standard InChI is InChI=1S/C16H16FNO3S/c1-2-22(20,21)15-8-6-14(7-9-15)18-16(19)11-12-4-3-5-13(17)10-12/h3-10H,2,11H2,1H3,(H,18,19). The predicted octanol–water partition coefficient (Wildman–Crippen LogP) is 2.80. The lowest BCUT2D eigenvalue weighted by molar-refractivity contribution is -0.115. The number of amides is 1. The van der Waals surface area contributed by atoms with Crippen molar-refractivity contribution in [1.29, 1.82) is 0 Å². The number of rotatable bonds is 5. The number of anilines is 1. The van der Waals surface area contributed by atoms with Crippen LogP contribution in [0.15, 0.2) is 53.4 Å². The number of hydrogen-bond donors (Lipinski definition) is 1. The highest BCUT2D eigenvalue weighted by Crippen LogP contribution is 2.15. The molecular formula is C16H16FNO3S. The van der Waals surface area contributed by atoms with Crippen LogP contribution in [0.25, 0.3) is 0 Å². The Balaban J connectivity index is 2.03. The zero-order chi connectivity index (χ0) is 16.2. The van der Waals surface area contributed by atoms with Crippen LogP contribution >= 0.6 is 0 Å². The average Bonchev–Trinajstić information content (AvgIpc) is 2.47. The van der Waals surface area contributed by atoms with Gasteiger partial charge in [0.05, 0.1) is 17.1 Å². The molecule has 0 aliphatic carbocycles. The third-order valence-electron chi connectivity index (χ3n) is 3.13. The molecule has 0 radical (unpaired) electrons. The first-order chi connectivity index (χ1) is 10.4. The number of nitrogens with one attached hydrogen (secondary N) is 1. The van der Waals surface area contributed by atoms with Gasteiger partial charge in [-0.25, -0.2) is 12.8 Å². The summed E-state index contributed by atoms with van der Waals surface area (Å²) in [6.07, 6.45) is 0.0484. The Morgan fingerprint density at radius 1 is 1.14 bits per heavy atom. The summed E-state index contributed by atoms with van der Waals surface area (Å²) in [6.45, 7) is 1.57. The van der Waals surface area contributed by atoms with Gasteiger partial charge in [-0.15, -0.1) is 0 Å². The Bertz CT molecular complexity index is 770. The van der Waals surface area contributed by atoms with Gasteiger partial charge in [-0.2, -0.15) is 0 Å². The molecule has 2 aromatic rings. The predicted molar refractivity (Wildman–Crippen MR) is 82.9 cm³/mol. The van der Waals surface area contributed by atoms with Gasteiger partial charge in [0.15, 0.2) is 9.84 Å². The summed E-state index contributed by atoms with van der Waals surface area (Å²) in [5, 5.41) is 2.65. The molecular weight excluding hydrogens is 305 g/mol. The molecule has 0 saturated carbocycles. The molecule has 0 bridgehead atoms. The highest BCUT2D eigenvalue weighted by atomic mass is 32.2. The van der Waals surface area contributed by atoms with E-state index in [-0.39, 0.29) is 28.8 Å². The maximum Gasteiger partial charge on any atom is 0.228 e. The molecule has 1 amide bonds. The van der Waals surface area contributed by atoms with Crippen molar-refractivity contribution in [3.8, 4) is 0 Å². The van der Waals surface area contributed by atoms with Crippen molar-refractivity contribution in [3.63, 3.8) is 0 Å². The number of benzene rings is 2. The van der Waals surface area contributed by atoms with Crippen LogP contribution in [0, 0.1) is 5.82 Å². The average molecular weight is 321 g/mol. The van der Waals surface area contributed by atoms with Gasteiger partial charge in [0.2, 0.25) is 5.91 Å². The molecule has 22 heavy (non-hydrogen) atoms. The Morgan fingerprint density at radius 3 is 2.41 bits per heavy atom.